The van der Waals surface area contributed by atoms with Gasteiger partial charge in [0.15, 0.2) is 0 Å². The van der Waals surface area contributed by atoms with E-state index < -0.39 is 35.5 Å². The first kappa shape index (κ1) is 22.1. The predicted octanol–water partition coefficient (Wildman–Crippen LogP) is 6.03. The molecule has 2 heterocycles. The second-order valence-electron chi connectivity index (χ2n) is 9.11. The van der Waals surface area contributed by atoms with Crippen LogP contribution in [0.3, 0.4) is 0 Å². The Morgan fingerprint density at radius 3 is 2.30 bits per heavy atom. The van der Waals surface area contributed by atoms with E-state index in [-0.39, 0.29) is 17.9 Å². The van der Waals surface area contributed by atoms with Gasteiger partial charge in [0.25, 0.3) is 0 Å². The van der Waals surface area contributed by atoms with E-state index in [1.807, 2.05) is 13.8 Å². The quantitative estimate of drug-likeness (QED) is 0.553. The molecule has 0 spiro atoms. The fourth-order valence-corrected chi connectivity index (χ4v) is 3.52. The third kappa shape index (κ3) is 4.74. The summed E-state index contributed by atoms with van der Waals surface area (Å²) in [5, 5.41) is 0. The maximum atomic E-state index is 13.4. The van der Waals surface area contributed by atoms with E-state index >= 15 is 0 Å². The lowest BCUT2D eigenvalue weighted by molar-refractivity contribution is -0.127. The topological polar surface area (TPSA) is 42.4 Å². The number of ether oxygens (including phenoxy) is 1. The molecule has 4 nitrogen and oxygen atoms in total. The Bertz CT molecular complexity index is 961. The average molecular weight is 424 g/mol. The van der Waals surface area contributed by atoms with Crippen LogP contribution in [0.2, 0.25) is 0 Å². The van der Waals surface area contributed by atoms with Crippen molar-refractivity contribution in [3.63, 3.8) is 0 Å². The number of fused-ring (bicyclic) bond motifs is 1. The Morgan fingerprint density at radius 1 is 1.17 bits per heavy atom. The molecule has 2 aromatic rings. The number of rotatable bonds is 2. The number of nitrogens with zero attached hydrogens (tertiary/aromatic N) is 2. The number of hydrogen-bond donors (Lipinski definition) is 0. The van der Waals surface area contributed by atoms with Gasteiger partial charge in [0, 0.05) is 17.5 Å². The van der Waals surface area contributed by atoms with Crippen molar-refractivity contribution in [2.45, 2.75) is 58.2 Å². The van der Waals surface area contributed by atoms with E-state index in [0.29, 0.717) is 16.8 Å². The standard InChI is InChI=1S/C22H24F4N2O2/c1-20(2,3)30-19(29)28-12-21(4,5)16-10-15(11-22(24,25)26)27-17(18(16)28)13-6-8-14(23)9-7-13/h6-10H,11-12H2,1-5H3. The number of benzene rings is 1. The van der Waals surface area contributed by atoms with Crippen molar-refractivity contribution in [3.05, 3.63) is 47.4 Å². The van der Waals surface area contributed by atoms with Crippen molar-refractivity contribution in [1.29, 1.82) is 0 Å². The zero-order valence-electron chi connectivity index (χ0n) is 17.5. The summed E-state index contributed by atoms with van der Waals surface area (Å²) in [4.78, 5) is 18.5. The third-order valence-electron chi connectivity index (χ3n) is 4.71. The minimum atomic E-state index is -4.44. The molecule has 1 amide bonds. The van der Waals surface area contributed by atoms with Gasteiger partial charge in [0.1, 0.15) is 11.4 Å². The number of hydrogen-bond acceptors (Lipinski definition) is 3. The Labute approximate surface area is 172 Å². The molecular formula is C22H24F4N2O2. The zero-order valence-corrected chi connectivity index (χ0v) is 17.5. The summed E-state index contributed by atoms with van der Waals surface area (Å²) in [7, 11) is 0. The molecule has 8 heteroatoms. The van der Waals surface area contributed by atoms with E-state index in [4.69, 9.17) is 4.74 Å². The highest BCUT2D eigenvalue weighted by Crippen LogP contribution is 2.46. The van der Waals surface area contributed by atoms with Crippen molar-refractivity contribution in [2.24, 2.45) is 0 Å². The molecule has 0 saturated heterocycles. The fraction of sp³-hybridized carbons (Fsp3) is 0.455. The monoisotopic (exact) mass is 424 g/mol. The lowest BCUT2D eigenvalue weighted by atomic mass is 9.86. The van der Waals surface area contributed by atoms with Crippen LogP contribution in [0.1, 0.15) is 45.9 Å². The Morgan fingerprint density at radius 2 is 1.77 bits per heavy atom. The lowest BCUT2D eigenvalue weighted by Gasteiger charge is -2.26. The molecule has 0 atom stereocenters. The number of pyridine rings is 1. The second kappa shape index (κ2) is 7.25. The molecule has 30 heavy (non-hydrogen) atoms. The number of amides is 1. The maximum absolute atomic E-state index is 13.4. The van der Waals surface area contributed by atoms with Gasteiger partial charge >= 0.3 is 12.3 Å². The molecule has 0 fully saturated rings. The van der Waals surface area contributed by atoms with E-state index in [2.05, 4.69) is 4.98 Å². The zero-order chi connectivity index (χ0) is 22.5. The minimum absolute atomic E-state index is 0.153. The first-order chi connectivity index (χ1) is 13.7. The van der Waals surface area contributed by atoms with Crippen LogP contribution < -0.4 is 4.90 Å². The number of carbonyl (C=O) groups is 1. The van der Waals surface area contributed by atoms with Crippen molar-refractivity contribution >= 4 is 11.8 Å². The van der Waals surface area contributed by atoms with E-state index in [9.17, 15) is 22.4 Å². The molecular weight excluding hydrogens is 400 g/mol. The normalized spacial score (nSPS) is 15.8. The molecule has 1 aromatic heterocycles. The summed E-state index contributed by atoms with van der Waals surface area (Å²) in [6.07, 6.45) is -6.24. The summed E-state index contributed by atoms with van der Waals surface area (Å²) < 4.78 is 58.2. The Kier molecular flexibility index (Phi) is 5.33. The van der Waals surface area contributed by atoms with Crippen LogP contribution in [0.25, 0.3) is 11.3 Å². The van der Waals surface area contributed by atoms with E-state index in [1.54, 1.807) is 20.8 Å². The number of aromatic nitrogens is 1. The van der Waals surface area contributed by atoms with Gasteiger partial charge in [-0.3, -0.25) is 9.88 Å². The van der Waals surface area contributed by atoms with Gasteiger partial charge in [0.05, 0.1) is 23.5 Å². The maximum Gasteiger partial charge on any atom is 0.414 e. The van der Waals surface area contributed by atoms with Crippen LogP contribution in [0.15, 0.2) is 30.3 Å². The van der Waals surface area contributed by atoms with Crippen LogP contribution >= 0.6 is 0 Å². The number of halogens is 4. The SMILES string of the molecule is CC(C)(C)OC(=O)N1CC(C)(C)c2cc(CC(F)(F)F)nc(-c3ccc(F)cc3)c21. The molecule has 0 bridgehead atoms. The smallest absolute Gasteiger partial charge is 0.414 e. The summed E-state index contributed by atoms with van der Waals surface area (Å²) in [5.41, 5.74) is 0.0630. The highest BCUT2D eigenvalue weighted by molar-refractivity contribution is 5.97. The molecule has 1 aromatic carbocycles. The third-order valence-corrected chi connectivity index (χ3v) is 4.71. The molecule has 0 radical (unpaired) electrons. The highest BCUT2D eigenvalue weighted by atomic mass is 19.4. The summed E-state index contributed by atoms with van der Waals surface area (Å²) >= 11 is 0. The Balaban J connectivity index is 2.21. The number of alkyl halides is 3. The van der Waals surface area contributed by atoms with E-state index in [1.165, 1.54) is 35.2 Å². The van der Waals surface area contributed by atoms with Crippen LogP contribution in [-0.2, 0) is 16.6 Å². The first-order valence-electron chi connectivity index (χ1n) is 9.54. The van der Waals surface area contributed by atoms with Crippen molar-refractivity contribution in [2.75, 3.05) is 11.4 Å². The van der Waals surface area contributed by atoms with Crippen molar-refractivity contribution < 1.29 is 27.1 Å². The highest BCUT2D eigenvalue weighted by Gasteiger charge is 2.43. The number of carbonyl (C=O) groups excluding carboxylic acids is 1. The number of anilines is 1. The summed E-state index contributed by atoms with van der Waals surface area (Å²) in [6, 6.07) is 6.69. The fourth-order valence-electron chi connectivity index (χ4n) is 3.52. The predicted molar refractivity (Wildman–Crippen MR) is 106 cm³/mol. The van der Waals surface area contributed by atoms with Crippen LogP contribution in [-0.4, -0.2) is 29.4 Å². The molecule has 0 N–H and O–H groups in total. The van der Waals surface area contributed by atoms with Gasteiger partial charge in [-0.2, -0.15) is 13.2 Å². The summed E-state index contributed by atoms with van der Waals surface area (Å²) in [6.45, 7) is 9.13. The van der Waals surface area contributed by atoms with Gasteiger partial charge in [-0.1, -0.05) is 13.8 Å². The lowest BCUT2D eigenvalue weighted by Crippen LogP contribution is -2.38. The molecule has 1 aliphatic heterocycles. The van der Waals surface area contributed by atoms with Gasteiger partial charge < -0.3 is 4.74 Å². The van der Waals surface area contributed by atoms with Gasteiger partial charge in [-0.05, 0) is 56.7 Å². The average Bonchev–Trinajstić information content (AvgIpc) is 2.84. The van der Waals surface area contributed by atoms with Crippen molar-refractivity contribution in [3.8, 4) is 11.3 Å². The minimum Gasteiger partial charge on any atom is -0.443 e. The molecule has 0 aliphatic carbocycles. The van der Waals surface area contributed by atoms with Crippen molar-refractivity contribution in [1.82, 2.24) is 4.98 Å². The van der Waals surface area contributed by atoms with Crippen LogP contribution in [0, 0.1) is 5.82 Å². The molecule has 1 aliphatic rings. The Hall–Kier alpha value is -2.64. The largest absolute Gasteiger partial charge is 0.443 e. The molecule has 0 unspecified atom stereocenters. The molecule has 162 valence electrons. The van der Waals surface area contributed by atoms with Crippen LogP contribution in [0.4, 0.5) is 28.0 Å². The van der Waals surface area contributed by atoms with Gasteiger partial charge in [-0.25, -0.2) is 9.18 Å². The molecule has 3 rings (SSSR count). The van der Waals surface area contributed by atoms with Crippen LogP contribution in [0.5, 0.6) is 0 Å². The molecule has 0 saturated carbocycles. The summed E-state index contributed by atoms with van der Waals surface area (Å²) in [5.74, 6) is -0.480. The van der Waals surface area contributed by atoms with Gasteiger partial charge in [0.2, 0.25) is 0 Å². The second-order valence-corrected chi connectivity index (χ2v) is 9.11. The first-order valence-corrected chi connectivity index (χ1v) is 9.54. The van der Waals surface area contributed by atoms with E-state index in [0.717, 1.165) is 0 Å². The van der Waals surface area contributed by atoms with Gasteiger partial charge in [-0.15, -0.1) is 0 Å².